The Kier molecular flexibility index (Phi) is 4.04. The lowest BCUT2D eigenvalue weighted by atomic mass is 9.58. The van der Waals surface area contributed by atoms with Crippen LogP contribution in [-0.2, 0) is 4.74 Å². The SMILES string of the molecule is CCO[C@@H]1C[C@H](O)C12CCN(C(=O)c1cc3nc(C)ccc3o1)CC2. The van der Waals surface area contributed by atoms with Crippen LogP contribution in [0.4, 0.5) is 0 Å². The molecule has 1 aliphatic carbocycles. The Balaban J connectivity index is 1.47. The number of rotatable bonds is 3. The summed E-state index contributed by atoms with van der Waals surface area (Å²) in [6.07, 6.45) is 2.03. The molecule has 134 valence electrons. The van der Waals surface area contributed by atoms with Gasteiger partial charge in [-0.15, -0.1) is 0 Å². The summed E-state index contributed by atoms with van der Waals surface area (Å²) in [6.45, 7) is 5.78. The first-order valence-corrected chi connectivity index (χ1v) is 8.99. The fourth-order valence-corrected chi connectivity index (χ4v) is 4.23. The largest absolute Gasteiger partial charge is 0.449 e. The number of furan rings is 1. The molecule has 2 atom stereocenters. The number of aliphatic hydroxyl groups excluding tert-OH is 1. The van der Waals surface area contributed by atoms with Crippen LogP contribution >= 0.6 is 0 Å². The predicted molar refractivity (Wildman–Crippen MR) is 92.4 cm³/mol. The molecular weight excluding hydrogens is 320 g/mol. The van der Waals surface area contributed by atoms with Crippen molar-refractivity contribution in [2.45, 2.75) is 45.3 Å². The van der Waals surface area contributed by atoms with E-state index in [0.29, 0.717) is 43.0 Å². The number of aliphatic hydroxyl groups is 1. The number of ether oxygens (including phenoxy) is 1. The zero-order chi connectivity index (χ0) is 17.6. The number of likely N-dealkylation sites (tertiary alicyclic amines) is 1. The second kappa shape index (κ2) is 6.11. The zero-order valence-corrected chi connectivity index (χ0v) is 14.7. The standard InChI is InChI=1S/C19H24N2O4/c1-3-24-17-11-16(22)19(17)6-8-21(9-7-19)18(23)15-10-13-14(25-15)5-4-12(2)20-13/h4-5,10,16-17,22H,3,6-9,11H2,1-2H3/t16-,17+/m0/s1. The average Bonchev–Trinajstić information content (AvgIpc) is 3.04. The molecule has 1 spiro atoms. The highest BCUT2D eigenvalue weighted by Gasteiger charge is 2.56. The van der Waals surface area contributed by atoms with Crippen molar-refractivity contribution in [3.63, 3.8) is 0 Å². The van der Waals surface area contributed by atoms with E-state index in [9.17, 15) is 9.90 Å². The summed E-state index contributed by atoms with van der Waals surface area (Å²) >= 11 is 0. The van der Waals surface area contributed by atoms with E-state index in [1.54, 1.807) is 6.07 Å². The molecule has 4 rings (SSSR count). The van der Waals surface area contributed by atoms with Crippen LogP contribution in [0, 0.1) is 12.3 Å². The smallest absolute Gasteiger partial charge is 0.289 e. The van der Waals surface area contributed by atoms with Gasteiger partial charge in [0, 0.05) is 43.3 Å². The normalized spacial score (nSPS) is 25.3. The van der Waals surface area contributed by atoms with Crippen LogP contribution in [0.5, 0.6) is 0 Å². The first-order valence-electron chi connectivity index (χ1n) is 8.99. The molecule has 2 aromatic rings. The molecule has 1 N–H and O–H groups in total. The van der Waals surface area contributed by atoms with Crippen molar-refractivity contribution in [2.24, 2.45) is 5.41 Å². The molecule has 1 amide bonds. The summed E-state index contributed by atoms with van der Waals surface area (Å²) in [4.78, 5) is 19.0. The highest BCUT2D eigenvalue weighted by atomic mass is 16.5. The van der Waals surface area contributed by atoms with Crippen molar-refractivity contribution in [3.05, 3.63) is 29.7 Å². The van der Waals surface area contributed by atoms with E-state index < -0.39 is 0 Å². The third-order valence-electron chi connectivity index (χ3n) is 5.82. The molecule has 1 aliphatic heterocycles. The maximum absolute atomic E-state index is 12.8. The Morgan fingerprint density at radius 1 is 1.44 bits per heavy atom. The topological polar surface area (TPSA) is 75.8 Å². The Morgan fingerprint density at radius 2 is 2.20 bits per heavy atom. The molecular formula is C19H24N2O4. The molecule has 0 bridgehead atoms. The van der Waals surface area contributed by atoms with Gasteiger partial charge in [0.15, 0.2) is 11.3 Å². The zero-order valence-electron chi connectivity index (χ0n) is 14.7. The van der Waals surface area contributed by atoms with E-state index in [2.05, 4.69) is 4.98 Å². The number of carbonyl (C=O) groups excluding carboxylic acids is 1. The number of nitrogens with zero attached hydrogens (tertiary/aromatic N) is 2. The van der Waals surface area contributed by atoms with Crippen LogP contribution in [0.3, 0.4) is 0 Å². The third kappa shape index (κ3) is 2.64. The van der Waals surface area contributed by atoms with Gasteiger partial charge >= 0.3 is 0 Å². The number of piperidine rings is 1. The van der Waals surface area contributed by atoms with E-state index >= 15 is 0 Å². The summed E-state index contributed by atoms with van der Waals surface area (Å²) in [7, 11) is 0. The molecule has 6 nitrogen and oxygen atoms in total. The molecule has 0 unspecified atom stereocenters. The van der Waals surface area contributed by atoms with Crippen LogP contribution < -0.4 is 0 Å². The summed E-state index contributed by atoms with van der Waals surface area (Å²) in [5.41, 5.74) is 2.06. The second-order valence-electron chi connectivity index (χ2n) is 7.17. The summed E-state index contributed by atoms with van der Waals surface area (Å²) in [5.74, 6) is 0.229. The lowest BCUT2D eigenvalue weighted by molar-refractivity contribution is -0.207. The number of pyridine rings is 1. The van der Waals surface area contributed by atoms with E-state index in [-0.39, 0.29) is 23.5 Å². The molecule has 0 radical (unpaired) electrons. The average molecular weight is 344 g/mol. The number of hydrogen-bond donors (Lipinski definition) is 1. The van der Waals surface area contributed by atoms with Crippen LogP contribution in [0.2, 0.25) is 0 Å². The minimum absolute atomic E-state index is 0.104. The van der Waals surface area contributed by atoms with Gasteiger partial charge in [-0.1, -0.05) is 0 Å². The maximum Gasteiger partial charge on any atom is 0.289 e. The number of carbonyl (C=O) groups is 1. The van der Waals surface area contributed by atoms with Gasteiger partial charge in [-0.3, -0.25) is 4.79 Å². The Labute approximate surface area is 146 Å². The van der Waals surface area contributed by atoms with Gasteiger partial charge in [0.25, 0.3) is 5.91 Å². The summed E-state index contributed by atoms with van der Waals surface area (Å²) < 4.78 is 11.5. The van der Waals surface area contributed by atoms with E-state index in [4.69, 9.17) is 9.15 Å². The molecule has 0 aromatic carbocycles. The van der Waals surface area contributed by atoms with Gasteiger partial charge in [-0.05, 0) is 38.8 Å². The minimum atomic E-state index is -0.320. The first-order chi connectivity index (χ1) is 12.0. The number of aromatic nitrogens is 1. The highest BCUT2D eigenvalue weighted by Crippen LogP contribution is 2.51. The highest BCUT2D eigenvalue weighted by molar-refractivity contribution is 5.95. The molecule has 6 heteroatoms. The van der Waals surface area contributed by atoms with Crippen molar-refractivity contribution >= 4 is 17.0 Å². The Hall–Kier alpha value is -1.92. The molecule has 2 aliphatic rings. The summed E-state index contributed by atoms with van der Waals surface area (Å²) in [6, 6.07) is 5.43. The molecule has 2 aromatic heterocycles. The van der Waals surface area contributed by atoms with Crippen molar-refractivity contribution < 1.29 is 19.1 Å². The monoisotopic (exact) mass is 344 g/mol. The van der Waals surface area contributed by atoms with Crippen molar-refractivity contribution in [3.8, 4) is 0 Å². The number of fused-ring (bicyclic) bond motifs is 1. The van der Waals surface area contributed by atoms with Crippen LogP contribution in [0.1, 0.15) is 42.4 Å². The van der Waals surface area contributed by atoms with Crippen LogP contribution in [-0.4, -0.2) is 52.8 Å². The van der Waals surface area contributed by atoms with Crippen LogP contribution in [0.25, 0.3) is 11.1 Å². The summed E-state index contributed by atoms with van der Waals surface area (Å²) in [5, 5.41) is 10.3. The maximum atomic E-state index is 12.8. The molecule has 25 heavy (non-hydrogen) atoms. The predicted octanol–water partition coefficient (Wildman–Crippen LogP) is 2.53. The first kappa shape index (κ1) is 16.5. The van der Waals surface area contributed by atoms with Crippen LogP contribution in [0.15, 0.2) is 22.6 Å². The van der Waals surface area contributed by atoms with Gasteiger partial charge in [0.1, 0.15) is 5.52 Å². The van der Waals surface area contributed by atoms with Gasteiger partial charge < -0.3 is 19.2 Å². The Morgan fingerprint density at radius 3 is 2.88 bits per heavy atom. The number of amides is 1. The van der Waals surface area contributed by atoms with Gasteiger partial charge in [-0.2, -0.15) is 0 Å². The number of aryl methyl sites for hydroxylation is 1. The van der Waals surface area contributed by atoms with Crippen molar-refractivity contribution in [2.75, 3.05) is 19.7 Å². The minimum Gasteiger partial charge on any atom is -0.449 e. The van der Waals surface area contributed by atoms with Crippen molar-refractivity contribution in [1.29, 1.82) is 0 Å². The fourth-order valence-electron chi connectivity index (χ4n) is 4.23. The lowest BCUT2D eigenvalue weighted by Crippen LogP contribution is -2.62. The van der Waals surface area contributed by atoms with Crippen molar-refractivity contribution in [1.82, 2.24) is 9.88 Å². The second-order valence-corrected chi connectivity index (χ2v) is 7.17. The van der Waals surface area contributed by atoms with Gasteiger partial charge in [0.05, 0.1) is 12.2 Å². The molecule has 2 fully saturated rings. The molecule has 1 saturated carbocycles. The van der Waals surface area contributed by atoms with E-state index in [1.165, 1.54) is 0 Å². The molecule has 1 saturated heterocycles. The Bertz CT molecular complexity index is 790. The quantitative estimate of drug-likeness (QED) is 0.926. The number of hydrogen-bond acceptors (Lipinski definition) is 5. The lowest BCUT2D eigenvalue weighted by Gasteiger charge is -2.56. The fraction of sp³-hybridized carbons (Fsp3) is 0.579. The van der Waals surface area contributed by atoms with Gasteiger partial charge in [-0.25, -0.2) is 4.98 Å². The van der Waals surface area contributed by atoms with E-state index in [0.717, 1.165) is 18.5 Å². The molecule has 3 heterocycles. The third-order valence-corrected chi connectivity index (χ3v) is 5.82. The van der Waals surface area contributed by atoms with Gasteiger partial charge in [0.2, 0.25) is 0 Å². The van der Waals surface area contributed by atoms with E-state index in [1.807, 2.05) is 30.9 Å².